The number of oxazole rings is 1. The minimum absolute atomic E-state index is 0.221. The maximum absolute atomic E-state index is 13.6. The van der Waals surface area contributed by atoms with Crippen molar-refractivity contribution in [2.45, 2.75) is 12.5 Å². The molecule has 19 heavy (non-hydrogen) atoms. The molecule has 0 saturated carbocycles. The summed E-state index contributed by atoms with van der Waals surface area (Å²) in [5.74, 6) is 0.0821. The Hall–Kier alpha value is -2.21. The molecule has 1 aliphatic rings. The molecule has 2 aromatic heterocycles. The molecule has 0 amide bonds. The maximum Gasteiger partial charge on any atom is 0.219 e. The summed E-state index contributed by atoms with van der Waals surface area (Å²) in [5, 5.41) is 3.30. The van der Waals surface area contributed by atoms with Gasteiger partial charge in [0, 0.05) is 18.7 Å². The van der Waals surface area contributed by atoms with Crippen LogP contribution in [0.3, 0.4) is 0 Å². The highest BCUT2D eigenvalue weighted by molar-refractivity contribution is 5.73. The van der Waals surface area contributed by atoms with Crippen LogP contribution in [0.2, 0.25) is 0 Å². The number of fused-ring (bicyclic) bond motifs is 2. The Bertz CT molecular complexity index is 748. The third-order valence-corrected chi connectivity index (χ3v) is 3.38. The van der Waals surface area contributed by atoms with Gasteiger partial charge in [-0.25, -0.2) is 14.4 Å². The largest absolute Gasteiger partial charge is 0.438 e. The van der Waals surface area contributed by atoms with Gasteiger partial charge in [0.05, 0.1) is 12.0 Å². The molecule has 0 spiro atoms. The molecule has 0 saturated heterocycles. The van der Waals surface area contributed by atoms with Crippen LogP contribution < -0.4 is 5.32 Å². The average molecular weight is 258 g/mol. The first-order chi connectivity index (χ1) is 9.33. The number of para-hydroxylation sites is 1. The number of aromatic nitrogens is 3. The Labute approximate surface area is 107 Å². The van der Waals surface area contributed by atoms with Gasteiger partial charge in [-0.05, 0) is 12.1 Å². The van der Waals surface area contributed by atoms with E-state index in [0.29, 0.717) is 11.5 Å². The second kappa shape index (κ2) is 3.89. The number of imidazole rings is 1. The fraction of sp³-hybridized carbons (Fsp3) is 0.231. The molecule has 2 N–H and O–H groups in total. The Morgan fingerprint density at radius 3 is 3.21 bits per heavy atom. The highest BCUT2D eigenvalue weighted by Gasteiger charge is 2.28. The normalized spacial score (nSPS) is 18.7. The second-order valence-electron chi connectivity index (χ2n) is 4.54. The van der Waals surface area contributed by atoms with Crippen LogP contribution in [0.1, 0.15) is 23.3 Å². The van der Waals surface area contributed by atoms with E-state index in [1.165, 1.54) is 6.07 Å². The van der Waals surface area contributed by atoms with Crippen LogP contribution in [0, 0.1) is 5.82 Å². The zero-order valence-corrected chi connectivity index (χ0v) is 9.98. The van der Waals surface area contributed by atoms with E-state index in [1.54, 1.807) is 18.5 Å². The van der Waals surface area contributed by atoms with Crippen LogP contribution in [-0.2, 0) is 6.42 Å². The molecule has 0 fully saturated rings. The van der Waals surface area contributed by atoms with Gasteiger partial charge >= 0.3 is 0 Å². The quantitative estimate of drug-likeness (QED) is 0.700. The van der Waals surface area contributed by atoms with Crippen LogP contribution in [0.15, 0.2) is 28.9 Å². The predicted molar refractivity (Wildman–Crippen MR) is 66.1 cm³/mol. The summed E-state index contributed by atoms with van der Waals surface area (Å²) >= 11 is 0. The summed E-state index contributed by atoms with van der Waals surface area (Å²) in [5.41, 5.74) is 2.67. The summed E-state index contributed by atoms with van der Waals surface area (Å²) in [6.45, 7) is 0.807. The Morgan fingerprint density at radius 2 is 2.32 bits per heavy atom. The zero-order valence-electron chi connectivity index (χ0n) is 9.98. The van der Waals surface area contributed by atoms with Gasteiger partial charge in [0.2, 0.25) is 5.89 Å². The predicted octanol–water partition coefficient (Wildman–Crippen LogP) is 1.93. The topological polar surface area (TPSA) is 66.7 Å². The minimum atomic E-state index is -0.370. The average Bonchev–Trinajstić information content (AvgIpc) is 3.05. The van der Waals surface area contributed by atoms with Crippen LogP contribution in [0.4, 0.5) is 4.39 Å². The van der Waals surface area contributed by atoms with Gasteiger partial charge in [-0.3, -0.25) is 0 Å². The Balaban J connectivity index is 1.86. The van der Waals surface area contributed by atoms with E-state index < -0.39 is 0 Å². The summed E-state index contributed by atoms with van der Waals surface area (Å²) in [4.78, 5) is 11.7. The van der Waals surface area contributed by atoms with E-state index in [-0.39, 0.29) is 17.4 Å². The highest BCUT2D eigenvalue weighted by Crippen LogP contribution is 2.28. The molecule has 96 valence electrons. The van der Waals surface area contributed by atoms with Gasteiger partial charge in [-0.15, -0.1) is 0 Å². The van der Waals surface area contributed by atoms with Crippen molar-refractivity contribution in [1.82, 2.24) is 20.3 Å². The standard InChI is InChI=1S/C13H11FN4O/c14-7-2-1-3-9-10(7)18-13(19-9)12-11-8(4-5-15-12)16-6-17-11/h1-3,6,12,15H,4-5H2,(H,16,17). The van der Waals surface area contributed by atoms with Crippen LogP contribution in [0.5, 0.6) is 0 Å². The van der Waals surface area contributed by atoms with E-state index >= 15 is 0 Å². The zero-order chi connectivity index (χ0) is 12.8. The van der Waals surface area contributed by atoms with Crippen molar-refractivity contribution in [3.05, 3.63) is 47.6 Å². The van der Waals surface area contributed by atoms with Crippen molar-refractivity contribution >= 4 is 11.1 Å². The SMILES string of the molecule is Fc1cccc2oc(C3NCCc4[nH]cnc43)nc12. The van der Waals surface area contributed by atoms with Crippen LogP contribution in [-0.4, -0.2) is 21.5 Å². The number of nitrogens with zero attached hydrogens (tertiary/aromatic N) is 2. The molecule has 1 aliphatic heterocycles. The number of nitrogens with one attached hydrogen (secondary N) is 2. The third kappa shape index (κ3) is 1.57. The van der Waals surface area contributed by atoms with Crippen molar-refractivity contribution in [3.8, 4) is 0 Å². The van der Waals surface area contributed by atoms with Crippen molar-refractivity contribution < 1.29 is 8.81 Å². The summed E-state index contributed by atoms with van der Waals surface area (Å²) in [6, 6.07) is 4.48. The molecule has 5 nitrogen and oxygen atoms in total. The fourth-order valence-corrected chi connectivity index (χ4v) is 2.48. The van der Waals surface area contributed by atoms with E-state index in [4.69, 9.17) is 4.42 Å². The number of benzene rings is 1. The fourth-order valence-electron chi connectivity index (χ4n) is 2.48. The molecule has 0 radical (unpaired) electrons. The maximum atomic E-state index is 13.6. The first-order valence-corrected chi connectivity index (χ1v) is 6.13. The lowest BCUT2D eigenvalue weighted by atomic mass is 10.1. The number of aromatic amines is 1. The lowest BCUT2D eigenvalue weighted by molar-refractivity contribution is 0.433. The van der Waals surface area contributed by atoms with Gasteiger partial charge in [0.15, 0.2) is 11.4 Å². The minimum Gasteiger partial charge on any atom is -0.438 e. The van der Waals surface area contributed by atoms with Crippen molar-refractivity contribution in [1.29, 1.82) is 0 Å². The molecule has 0 bridgehead atoms. The monoisotopic (exact) mass is 258 g/mol. The first kappa shape index (κ1) is 10.7. The second-order valence-corrected chi connectivity index (χ2v) is 4.54. The number of hydrogen-bond donors (Lipinski definition) is 2. The highest BCUT2D eigenvalue weighted by atomic mass is 19.1. The lowest BCUT2D eigenvalue weighted by Gasteiger charge is -2.19. The van der Waals surface area contributed by atoms with Gasteiger partial charge in [-0.2, -0.15) is 0 Å². The summed E-state index contributed by atoms with van der Waals surface area (Å²) < 4.78 is 19.3. The first-order valence-electron chi connectivity index (χ1n) is 6.13. The van der Waals surface area contributed by atoms with E-state index in [1.807, 2.05) is 0 Å². The number of rotatable bonds is 1. The van der Waals surface area contributed by atoms with Gasteiger partial charge in [0.1, 0.15) is 11.6 Å². The van der Waals surface area contributed by atoms with Gasteiger partial charge in [-0.1, -0.05) is 6.07 Å². The van der Waals surface area contributed by atoms with E-state index in [2.05, 4.69) is 20.3 Å². The Kier molecular flexibility index (Phi) is 2.19. The smallest absolute Gasteiger partial charge is 0.219 e. The molecular formula is C13H11FN4O. The molecular weight excluding hydrogens is 247 g/mol. The van der Waals surface area contributed by atoms with Gasteiger partial charge in [0.25, 0.3) is 0 Å². The molecule has 3 aromatic rings. The Morgan fingerprint density at radius 1 is 1.37 bits per heavy atom. The van der Waals surface area contributed by atoms with Crippen LogP contribution >= 0.6 is 0 Å². The van der Waals surface area contributed by atoms with E-state index in [0.717, 1.165) is 24.4 Å². The van der Waals surface area contributed by atoms with E-state index in [9.17, 15) is 4.39 Å². The van der Waals surface area contributed by atoms with Crippen molar-refractivity contribution in [2.75, 3.05) is 6.54 Å². The molecule has 1 unspecified atom stereocenters. The molecule has 3 heterocycles. The molecule has 1 atom stereocenters. The molecule has 0 aliphatic carbocycles. The molecule has 4 rings (SSSR count). The lowest BCUT2D eigenvalue weighted by Crippen LogP contribution is -2.30. The number of hydrogen-bond acceptors (Lipinski definition) is 4. The molecule has 1 aromatic carbocycles. The number of H-pyrrole nitrogens is 1. The van der Waals surface area contributed by atoms with Crippen molar-refractivity contribution in [2.24, 2.45) is 0 Å². The molecule has 6 heteroatoms. The number of halogens is 1. The third-order valence-electron chi connectivity index (χ3n) is 3.38. The summed E-state index contributed by atoms with van der Waals surface area (Å²) in [7, 11) is 0. The summed E-state index contributed by atoms with van der Waals surface area (Å²) in [6.07, 6.45) is 2.55. The van der Waals surface area contributed by atoms with Gasteiger partial charge < -0.3 is 14.7 Å². The van der Waals surface area contributed by atoms with Crippen molar-refractivity contribution in [3.63, 3.8) is 0 Å². The van der Waals surface area contributed by atoms with Crippen LogP contribution in [0.25, 0.3) is 11.1 Å².